The Morgan fingerprint density at radius 3 is 2.09 bits per heavy atom. The van der Waals surface area contributed by atoms with Gasteiger partial charge in [0.05, 0.1) is 10.6 Å². The van der Waals surface area contributed by atoms with Crippen LogP contribution in [0.15, 0.2) is 59.8 Å². The number of carbonyl (C=O) groups excluding carboxylic acids is 2. The minimum absolute atomic E-state index is 0.0520. The van der Waals surface area contributed by atoms with E-state index in [1.165, 1.54) is 39.6 Å². The van der Waals surface area contributed by atoms with Gasteiger partial charge in [-0.1, -0.05) is 6.42 Å². The summed E-state index contributed by atoms with van der Waals surface area (Å²) in [5.41, 5.74) is 5.89. The fraction of sp³-hybridized carbons (Fsp3) is 0.286. The Bertz CT molecular complexity index is 1230. The predicted molar refractivity (Wildman–Crippen MR) is 118 cm³/mol. The van der Waals surface area contributed by atoms with Gasteiger partial charge in [-0.15, -0.1) is 5.10 Å². The molecule has 33 heavy (non-hydrogen) atoms. The van der Waals surface area contributed by atoms with Crippen LogP contribution in [0.3, 0.4) is 0 Å². The molecule has 172 valence electrons. The summed E-state index contributed by atoms with van der Waals surface area (Å²) in [7, 11) is -3.62. The maximum atomic E-state index is 12.9. The van der Waals surface area contributed by atoms with Gasteiger partial charge in [0.2, 0.25) is 10.0 Å². The molecule has 0 saturated carbocycles. The molecule has 0 aliphatic carbocycles. The zero-order valence-corrected chi connectivity index (χ0v) is 18.7. The van der Waals surface area contributed by atoms with Gasteiger partial charge in [0.1, 0.15) is 6.33 Å². The van der Waals surface area contributed by atoms with E-state index in [0.717, 1.165) is 19.3 Å². The van der Waals surface area contributed by atoms with Crippen molar-refractivity contribution in [2.24, 2.45) is 0 Å². The Morgan fingerprint density at radius 2 is 1.55 bits per heavy atom. The average molecular weight is 470 g/mol. The normalized spacial score (nSPS) is 16.8. The number of carbonyl (C=O) groups is 2. The number of tetrazole rings is 1. The van der Waals surface area contributed by atoms with Crippen LogP contribution in [-0.2, 0) is 10.0 Å². The zero-order valence-electron chi connectivity index (χ0n) is 17.9. The van der Waals surface area contributed by atoms with E-state index in [1.807, 2.05) is 6.92 Å². The van der Waals surface area contributed by atoms with Gasteiger partial charge >= 0.3 is 0 Å². The highest BCUT2D eigenvalue weighted by Crippen LogP contribution is 2.25. The van der Waals surface area contributed by atoms with Crippen molar-refractivity contribution in [2.45, 2.75) is 37.1 Å². The quantitative estimate of drug-likeness (QED) is 0.537. The number of benzene rings is 2. The van der Waals surface area contributed by atoms with Crippen LogP contribution in [0.25, 0.3) is 5.69 Å². The Balaban J connectivity index is 1.36. The first-order valence-corrected chi connectivity index (χ1v) is 11.9. The van der Waals surface area contributed by atoms with E-state index in [1.54, 1.807) is 24.3 Å². The van der Waals surface area contributed by atoms with Crippen LogP contribution >= 0.6 is 0 Å². The van der Waals surface area contributed by atoms with Crippen LogP contribution in [0.5, 0.6) is 0 Å². The lowest BCUT2D eigenvalue weighted by molar-refractivity contribution is 0.0846. The summed E-state index contributed by atoms with van der Waals surface area (Å²) in [6.45, 7) is 2.40. The van der Waals surface area contributed by atoms with Gasteiger partial charge in [-0.05, 0) is 78.7 Å². The van der Waals surface area contributed by atoms with Crippen molar-refractivity contribution in [1.82, 2.24) is 35.4 Å². The highest BCUT2D eigenvalue weighted by molar-refractivity contribution is 7.89. The summed E-state index contributed by atoms with van der Waals surface area (Å²) in [6.07, 6.45) is 4.12. The van der Waals surface area contributed by atoms with Gasteiger partial charge in [-0.2, -0.15) is 4.31 Å². The maximum Gasteiger partial charge on any atom is 0.269 e. The maximum absolute atomic E-state index is 12.9. The van der Waals surface area contributed by atoms with E-state index in [0.29, 0.717) is 17.8 Å². The molecule has 1 saturated heterocycles. The molecule has 1 fully saturated rings. The standard InChI is InChI=1S/C21H23N7O4S/c1-15-4-2-3-13-28(15)33(31,32)19-11-7-17(8-12-19)21(30)24-23-20(29)16-5-9-18(10-6-16)27-14-22-25-26-27/h5-12,14-15H,2-4,13H2,1H3,(H,23,29)(H,24,30). The first kappa shape index (κ1) is 22.6. The molecule has 1 aliphatic rings. The molecule has 3 aromatic rings. The topological polar surface area (TPSA) is 139 Å². The molecule has 2 amide bonds. The number of nitrogens with one attached hydrogen (secondary N) is 2. The molecule has 0 bridgehead atoms. The Morgan fingerprint density at radius 1 is 0.939 bits per heavy atom. The molecule has 2 heterocycles. The van der Waals surface area contributed by atoms with E-state index in [-0.39, 0.29) is 16.5 Å². The molecule has 1 aromatic heterocycles. The van der Waals surface area contributed by atoms with Crippen LogP contribution in [0.4, 0.5) is 0 Å². The Hall–Kier alpha value is -3.64. The Kier molecular flexibility index (Phi) is 6.47. The zero-order chi connectivity index (χ0) is 23.4. The number of aromatic nitrogens is 4. The van der Waals surface area contributed by atoms with Gasteiger partial charge in [-0.3, -0.25) is 20.4 Å². The van der Waals surface area contributed by atoms with Crippen molar-refractivity contribution in [1.29, 1.82) is 0 Å². The SMILES string of the molecule is CC1CCCCN1S(=O)(=O)c1ccc(C(=O)NNC(=O)c2ccc(-n3cnnn3)cc2)cc1. The molecule has 4 rings (SSSR count). The molecule has 2 N–H and O–H groups in total. The summed E-state index contributed by atoms with van der Waals surface area (Å²) in [5.74, 6) is -1.08. The van der Waals surface area contributed by atoms with Gasteiger partial charge in [0.25, 0.3) is 11.8 Å². The molecule has 2 aromatic carbocycles. The third-order valence-corrected chi connectivity index (χ3v) is 7.53. The number of hydrazine groups is 1. The molecule has 0 spiro atoms. The summed E-state index contributed by atoms with van der Waals surface area (Å²) >= 11 is 0. The fourth-order valence-electron chi connectivity index (χ4n) is 3.65. The molecule has 11 nitrogen and oxygen atoms in total. The monoisotopic (exact) mass is 469 g/mol. The first-order valence-electron chi connectivity index (χ1n) is 10.4. The Labute approximate surface area is 190 Å². The van der Waals surface area contributed by atoms with Crippen molar-refractivity contribution in [3.8, 4) is 5.69 Å². The summed E-state index contributed by atoms with van der Waals surface area (Å²) < 4.78 is 28.8. The van der Waals surface area contributed by atoms with Crippen LogP contribution in [0.1, 0.15) is 46.9 Å². The first-order chi connectivity index (χ1) is 15.9. The molecule has 1 atom stereocenters. The van der Waals surface area contributed by atoms with E-state index < -0.39 is 21.8 Å². The smallest absolute Gasteiger partial charge is 0.267 e. The van der Waals surface area contributed by atoms with Gasteiger partial charge in [0.15, 0.2) is 0 Å². The second kappa shape index (κ2) is 9.46. The van der Waals surface area contributed by atoms with E-state index in [4.69, 9.17) is 0 Å². The number of hydrogen-bond acceptors (Lipinski definition) is 7. The number of sulfonamides is 1. The lowest BCUT2D eigenvalue weighted by Gasteiger charge is -2.32. The van der Waals surface area contributed by atoms with Crippen molar-refractivity contribution >= 4 is 21.8 Å². The number of nitrogens with zero attached hydrogens (tertiary/aromatic N) is 5. The second-order valence-electron chi connectivity index (χ2n) is 7.69. The third-order valence-electron chi connectivity index (χ3n) is 5.50. The summed E-state index contributed by atoms with van der Waals surface area (Å²) in [6, 6.07) is 12.1. The lowest BCUT2D eigenvalue weighted by atomic mass is 10.1. The number of rotatable bonds is 5. The number of amides is 2. The minimum Gasteiger partial charge on any atom is -0.267 e. The van der Waals surface area contributed by atoms with Gasteiger partial charge < -0.3 is 0 Å². The van der Waals surface area contributed by atoms with E-state index in [2.05, 4.69) is 26.4 Å². The minimum atomic E-state index is -3.62. The van der Waals surface area contributed by atoms with Gasteiger partial charge in [0, 0.05) is 23.7 Å². The fourth-order valence-corrected chi connectivity index (χ4v) is 5.34. The van der Waals surface area contributed by atoms with E-state index >= 15 is 0 Å². The highest BCUT2D eigenvalue weighted by Gasteiger charge is 2.30. The average Bonchev–Trinajstić information content (AvgIpc) is 3.38. The van der Waals surface area contributed by atoms with Crippen molar-refractivity contribution < 1.29 is 18.0 Å². The second-order valence-corrected chi connectivity index (χ2v) is 9.59. The number of hydrogen-bond donors (Lipinski definition) is 2. The van der Waals surface area contributed by atoms with Crippen LogP contribution in [0.2, 0.25) is 0 Å². The molecule has 0 radical (unpaired) electrons. The molecule has 1 unspecified atom stereocenters. The van der Waals surface area contributed by atoms with Crippen LogP contribution in [-0.4, -0.2) is 57.3 Å². The predicted octanol–water partition coefficient (Wildman–Crippen LogP) is 1.30. The molecule has 1 aliphatic heterocycles. The van der Waals surface area contributed by atoms with Gasteiger partial charge in [-0.25, -0.2) is 13.1 Å². The third kappa shape index (κ3) is 4.91. The largest absolute Gasteiger partial charge is 0.269 e. The van der Waals surface area contributed by atoms with Crippen molar-refractivity contribution in [2.75, 3.05) is 6.54 Å². The lowest BCUT2D eigenvalue weighted by Crippen LogP contribution is -2.42. The van der Waals surface area contributed by atoms with Crippen LogP contribution < -0.4 is 10.9 Å². The molecule has 12 heteroatoms. The summed E-state index contributed by atoms with van der Waals surface area (Å²) in [5, 5.41) is 10.9. The highest BCUT2D eigenvalue weighted by atomic mass is 32.2. The summed E-state index contributed by atoms with van der Waals surface area (Å²) in [4.78, 5) is 24.8. The van der Waals surface area contributed by atoms with E-state index in [9.17, 15) is 18.0 Å². The van der Waals surface area contributed by atoms with Crippen molar-refractivity contribution in [3.63, 3.8) is 0 Å². The molecular weight excluding hydrogens is 446 g/mol. The van der Waals surface area contributed by atoms with Crippen molar-refractivity contribution in [3.05, 3.63) is 66.0 Å². The molecular formula is C21H23N7O4S. The number of piperidine rings is 1. The van der Waals surface area contributed by atoms with Crippen LogP contribution in [0, 0.1) is 0 Å².